The molecule has 4 aromatic rings. The van der Waals surface area contributed by atoms with Crippen LogP contribution in [0.3, 0.4) is 0 Å². The molecule has 3 nitrogen and oxygen atoms in total. The molecule has 4 rings (SSSR count). The van der Waals surface area contributed by atoms with Crippen LogP contribution < -0.4 is 5.32 Å². The first-order valence-electron chi connectivity index (χ1n) is 8.21. The van der Waals surface area contributed by atoms with Crippen molar-refractivity contribution in [3.8, 4) is 11.3 Å². The molecule has 2 heterocycles. The van der Waals surface area contributed by atoms with E-state index in [-0.39, 0.29) is 22.7 Å². The summed E-state index contributed by atoms with van der Waals surface area (Å²) in [6.07, 6.45) is -4.66. The van der Waals surface area contributed by atoms with Gasteiger partial charge in [-0.05, 0) is 48.5 Å². The summed E-state index contributed by atoms with van der Waals surface area (Å²) in [6, 6.07) is 14.3. The van der Waals surface area contributed by atoms with Crippen molar-refractivity contribution in [3.05, 3.63) is 84.1 Å². The summed E-state index contributed by atoms with van der Waals surface area (Å²) in [7, 11) is 0. The van der Waals surface area contributed by atoms with Gasteiger partial charge in [0, 0.05) is 11.3 Å². The molecule has 0 aliphatic rings. The molecular formula is C20H12F5N3. The minimum absolute atomic E-state index is 0.00214. The smallest absolute Gasteiger partial charge is 0.339 e. The van der Waals surface area contributed by atoms with Crippen LogP contribution in [0.2, 0.25) is 0 Å². The maximum absolute atomic E-state index is 14.4. The molecule has 2 aromatic carbocycles. The Labute approximate surface area is 156 Å². The molecule has 0 aliphatic carbocycles. The predicted molar refractivity (Wildman–Crippen MR) is 95.3 cm³/mol. The quantitative estimate of drug-likeness (QED) is 0.433. The summed E-state index contributed by atoms with van der Waals surface area (Å²) >= 11 is 0. The Bertz CT molecular complexity index is 1150. The van der Waals surface area contributed by atoms with Crippen LogP contribution in [0.1, 0.15) is 5.69 Å². The lowest BCUT2D eigenvalue weighted by Gasteiger charge is -2.14. The van der Waals surface area contributed by atoms with Crippen LogP contribution in [-0.4, -0.2) is 9.38 Å². The van der Waals surface area contributed by atoms with Crippen molar-refractivity contribution in [3.63, 3.8) is 0 Å². The van der Waals surface area contributed by atoms with E-state index in [2.05, 4.69) is 10.3 Å². The molecule has 0 atom stereocenters. The van der Waals surface area contributed by atoms with Crippen molar-refractivity contribution in [2.24, 2.45) is 0 Å². The van der Waals surface area contributed by atoms with E-state index in [4.69, 9.17) is 0 Å². The fraction of sp³-hybridized carbons (Fsp3) is 0.0500. The highest BCUT2D eigenvalue weighted by Gasteiger charge is 2.35. The lowest BCUT2D eigenvalue weighted by molar-refractivity contribution is -0.141. The first-order chi connectivity index (χ1) is 13.3. The van der Waals surface area contributed by atoms with Crippen LogP contribution in [0.4, 0.5) is 33.5 Å². The Morgan fingerprint density at radius 2 is 1.54 bits per heavy atom. The van der Waals surface area contributed by atoms with Gasteiger partial charge in [-0.15, -0.1) is 0 Å². The van der Waals surface area contributed by atoms with Crippen molar-refractivity contribution in [1.82, 2.24) is 9.38 Å². The van der Waals surface area contributed by atoms with Gasteiger partial charge < -0.3 is 5.32 Å². The van der Waals surface area contributed by atoms with E-state index in [1.54, 1.807) is 6.07 Å². The lowest BCUT2D eigenvalue weighted by Crippen LogP contribution is -2.12. The predicted octanol–water partition coefficient (Wildman–Crippen LogP) is 6.04. The number of halogens is 5. The Kier molecular flexibility index (Phi) is 4.26. The topological polar surface area (TPSA) is 29.3 Å². The zero-order chi connectivity index (χ0) is 19.9. The summed E-state index contributed by atoms with van der Waals surface area (Å²) in [5, 5.41) is 2.83. The SMILES string of the molecule is Fc1ccc(Nc2c(-c3ccccc3F)nc3cccc(C(F)(F)F)n23)cc1. The van der Waals surface area contributed by atoms with Gasteiger partial charge in [-0.1, -0.05) is 18.2 Å². The molecule has 0 bridgehead atoms. The molecular weight excluding hydrogens is 377 g/mol. The average molecular weight is 389 g/mol. The van der Waals surface area contributed by atoms with Crippen molar-refractivity contribution in [2.45, 2.75) is 6.18 Å². The number of benzene rings is 2. The number of nitrogens with zero attached hydrogens (tertiary/aromatic N) is 2. The van der Waals surface area contributed by atoms with Crippen molar-refractivity contribution in [2.75, 3.05) is 5.32 Å². The number of pyridine rings is 1. The van der Waals surface area contributed by atoms with Crippen LogP contribution >= 0.6 is 0 Å². The van der Waals surface area contributed by atoms with Gasteiger partial charge in [-0.3, -0.25) is 4.40 Å². The number of aromatic nitrogens is 2. The second kappa shape index (κ2) is 6.63. The molecule has 142 valence electrons. The lowest BCUT2D eigenvalue weighted by atomic mass is 10.1. The molecule has 8 heteroatoms. The van der Waals surface area contributed by atoms with E-state index >= 15 is 0 Å². The van der Waals surface area contributed by atoms with Gasteiger partial charge in [0.15, 0.2) is 0 Å². The number of hydrogen-bond donors (Lipinski definition) is 1. The fourth-order valence-corrected chi connectivity index (χ4v) is 2.94. The molecule has 0 radical (unpaired) electrons. The number of nitrogens with one attached hydrogen (secondary N) is 1. The zero-order valence-corrected chi connectivity index (χ0v) is 14.1. The van der Waals surface area contributed by atoms with E-state index in [1.807, 2.05) is 0 Å². The van der Waals surface area contributed by atoms with Gasteiger partial charge in [0.1, 0.15) is 34.5 Å². The minimum Gasteiger partial charge on any atom is -0.339 e. The van der Waals surface area contributed by atoms with Crippen molar-refractivity contribution < 1.29 is 22.0 Å². The van der Waals surface area contributed by atoms with E-state index in [0.29, 0.717) is 5.69 Å². The Morgan fingerprint density at radius 1 is 0.821 bits per heavy atom. The first-order valence-corrected chi connectivity index (χ1v) is 8.21. The van der Waals surface area contributed by atoms with Crippen LogP contribution in [0, 0.1) is 11.6 Å². The normalized spacial score (nSPS) is 11.8. The van der Waals surface area contributed by atoms with E-state index in [1.165, 1.54) is 54.6 Å². The van der Waals surface area contributed by atoms with Gasteiger partial charge in [0.05, 0.1) is 0 Å². The Hall–Kier alpha value is -3.42. The third-order valence-corrected chi connectivity index (χ3v) is 4.17. The average Bonchev–Trinajstić information content (AvgIpc) is 3.01. The molecule has 0 unspecified atom stereocenters. The van der Waals surface area contributed by atoms with Crippen LogP contribution in [-0.2, 0) is 6.18 Å². The van der Waals surface area contributed by atoms with Gasteiger partial charge in [0.25, 0.3) is 0 Å². The van der Waals surface area contributed by atoms with Crippen molar-refractivity contribution in [1.29, 1.82) is 0 Å². The highest BCUT2D eigenvalue weighted by molar-refractivity contribution is 5.80. The third-order valence-electron chi connectivity index (χ3n) is 4.17. The Morgan fingerprint density at radius 3 is 2.21 bits per heavy atom. The minimum atomic E-state index is -4.66. The van der Waals surface area contributed by atoms with E-state index in [0.717, 1.165) is 10.5 Å². The number of alkyl halides is 3. The van der Waals surface area contributed by atoms with Crippen LogP contribution in [0.5, 0.6) is 0 Å². The summed E-state index contributed by atoms with van der Waals surface area (Å²) in [6.45, 7) is 0. The zero-order valence-electron chi connectivity index (χ0n) is 14.1. The largest absolute Gasteiger partial charge is 0.431 e. The molecule has 28 heavy (non-hydrogen) atoms. The van der Waals surface area contributed by atoms with E-state index in [9.17, 15) is 22.0 Å². The number of anilines is 2. The monoisotopic (exact) mass is 389 g/mol. The molecule has 0 aliphatic heterocycles. The highest BCUT2D eigenvalue weighted by Crippen LogP contribution is 2.37. The summed E-state index contributed by atoms with van der Waals surface area (Å²) < 4.78 is 69.2. The van der Waals surface area contributed by atoms with Crippen LogP contribution in [0.15, 0.2) is 66.7 Å². The van der Waals surface area contributed by atoms with Crippen molar-refractivity contribution >= 4 is 17.2 Å². The van der Waals surface area contributed by atoms with Gasteiger partial charge >= 0.3 is 6.18 Å². The van der Waals surface area contributed by atoms with Crippen LogP contribution in [0.25, 0.3) is 16.9 Å². The number of fused-ring (bicyclic) bond motifs is 1. The first kappa shape index (κ1) is 18.0. The van der Waals surface area contributed by atoms with Gasteiger partial charge in [0.2, 0.25) is 0 Å². The molecule has 1 N–H and O–H groups in total. The molecule has 0 fully saturated rings. The third kappa shape index (κ3) is 3.17. The molecule has 0 spiro atoms. The summed E-state index contributed by atoms with van der Waals surface area (Å²) in [5.74, 6) is -1.18. The number of rotatable bonds is 3. The maximum atomic E-state index is 14.4. The number of imidazole rings is 1. The summed E-state index contributed by atoms with van der Waals surface area (Å²) in [5.41, 5.74) is -0.580. The number of hydrogen-bond acceptors (Lipinski definition) is 2. The summed E-state index contributed by atoms with van der Waals surface area (Å²) in [4.78, 5) is 4.22. The van der Waals surface area contributed by atoms with Gasteiger partial charge in [-0.25, -0.2) is 13.8 Å². The second-order valence-electron chi connectivity index (χ2n) is 6.02. The Balaban J connectivity index is 2.01. The van der Waals surface area contributed by atoms with E-state index < -0.39 is 23.5 Å². The molecule has 2 aromatic heterocycles. The molecule has 0 saturated heterocycles. The molecule has 0 saturated carbocycles. The molecule has 0 amide bonds. The highest BCUT2D eigenvalue weighted by atomic mass is 19.4. The maximum Gasteiger partial charge on any atom is 0.431 e. The van der Waals surface area contributed by atoms with Gasteiger partial charge in [-0.2, -0.15) is 13.2 Å². The fourth-order valence-electron chi connectivity index (χ4n) is 2.94. The second-order valence-corrected chi connectivity index (χ2v) is 6.02. The standard InChI is InChI=1S/C20H12F5N3/c21-12-8-10-13(11-9-12)26-19-18(14-4-1-2-5-15(14)22)27-17-7-3-6-16(28(17)19)20(23,24)25/h1-11,26H.